The lowest BCUT2D eigenvalue weighted by Gasteiger charge is -1.99. The Balaban J connectivity index is -0.000000249. The van der Waals surface area contributed by atoms with E-state index < -0.39 is 0 Å². The molecule has 0 N–H and O–H groups in total. The highest BCUT2D eigenvalue weighted by molar-refractivity contribution is 5.50. The van der Waals surface area contributed by atoms with E-state index in [0.29, 0.717) is 19.4 Å². The number of hydrogen-bond donors (Lipinski definition) is 0. The summed E-state index contributed by atoms with van der Waals surface area (Å²) in [6.07, 6.45) is 8.24. The molecule has 126 valence electrons. The summed E-state index contributed by atoms with van der Waals surface area (Å²) >= 11 is 0. The van der Waals surface area contributed by atoms with E-state index in [4.69, 9.17) is 14.3 Å². The van der Waals surface area contributed by atoms with Gasteiger partial charge in [-0.15, -0.1) is 0 Å². The number of methoxy groups -OCH3 is 1. The Morgan fingerprint density at radius 3 is 1.95 bits per heavy atom. The second-order valence-electron chi connectivity index (χ2n) is 3.91. The van der Waals surface area contributed by atoms with Crippen molar-refractivity contribution in [1.82, 2.24) is 0 Å². The first-order chi connectivity index (χ1) is 10.2. The standard InChI is InChI=1S/C7H14O.C6H12O3.C2H4O2/c1-2-3-4-5-6-7-8;1-2-4-8-6-9-5-3-7;1-4-2-3/h7H,2-6H2,1H3;3H,2,4-6H2,1H3;2H,1H3. The minimum absolute atomic E-state index is 0.129. The first kappa shape index (κ1) is 24.7. The molecular formula is C15H30O6. The zero-order valence-corrected chi connectivity index (χ0v) is 13.5. The molecule has 0 aromatic carbocycles. The Morgan fingerprint density at radius 1 is 0.857 bits per heavy atom. The molecule has 6 nitrogen and oxygen atoms in total. The van der Waals surface area contributed by atoms with Gasteiger partial charge in [-0.3, -0.25) is 4.79 Å². The van der Waals surface area contributed by atoms with Crippen molar-refractivity contribution in [2.24, 2.45) is 0 Å². The Labute approximate surface area is 128 Å². The van der Waals surface area contributed by atoms with Crippen molar-refractivity contribution < 1.29 is 28.6 Å². The van der Waals surface area contributed by atoms with Gasteiger partial charge in [0.25, 0.3) is 6.47 Å². The van der Waals surface area contributed by atoms with E-state index in [-0.39, 0.29) is 13.4 Å². The SMILES string of the molecule is CCCCCCC=O.CCCOCOCC=O.COC=O. The fourth-order valence-electron chi connectivity index (χ4n) is 1.01. The predicted octanol–water partition coefficient (Wildman–Crippen LogP) is 2.53. The summed E-state index contributed by atoms with van der Waals surface area (Å²) < 4.78 is 13.5. The van der Waals surface area contributed by atoms with Gasteiger partial charge in [-0.2, -0.15) is 0 Å². The molecule has 0 unspecified atom stereocenters. The molecular weight excluding hydrogens is 276 g/mol. The minimum atomic E-state index is 0.129. The van der Waals surface area contributed by atoms with Crippen molar-refractivity contribution in [2.45, 2.75) is 52.4 Å². The number of ether oxygens (including phenoxy) is 3. The largest absolute Gasteiger partial charge is 0.471 e. The van der Waals surface area contributed by atoms with E-state index in [1.54, 1.807) is 0 Å². The Morgan fingerprint density at radius 2 is 1.52 bits per heavy atom. The van der Waals surface area contributed by atoms with Crippen LogP contribution in [-0.4, -0.2) is 46.2 Å². The molecule has 0 aliphatic heterocycles. The van der Waals surface area contributed by atoms with E-state index in [2.05, 4.69) is 11.7 Å². The van der Waals surface area contributed by atoms with Gasteiger partial charge in [0.05, 0.1) is 7.11 Å². The maximum atomic E-state index is 9.77. The summed E-state index contributed by atoms with van der Waals surface area (Å²) in [7, 11) is 1.31. The monoisotopic (exact) mass is 306 g/mol. The average Bonchev–Trinajstić information content (AvgIpc) is 2.52. The number of carbonyl (C=O) groups excluding carboxylic acids is 3. The summed E-state index contributed by atoms with van der Waals surface area (Å²) in [4.78, 5) is 28.4. The Hall–Kier alpha value is -1.27. The predicted molar refractivity (Wildman–Crippen MR) is 81.0 cm³/mol. The fourth-order valence-corrected chi connectivity index (χ4v) is 1.01. The normalized spacial score (nSPS) is 8.52. The van der Waals surface area contributed by atoms with E-state index in [0.717, 1.165) is 25.5 Å². The van der Waals surface area contributed by atoms with Gasteiger partial charge in [0, 0.05) is 13.0 Å². The molecule has 0 aromatic rings. The quantitative estimate of drug-likeness (QED) is 0.313. The van der Waals surface area contributed by atoms with Crippen molar-refractivity contribution in [3.8, 4) is 0 Å². The van der Waals surface area contributed by atoms with Crippen molar-refractivity contribution in [2.75, 3.05) is 27.1 Å². The lowest BCUT2D eigenvalue weighted by atomic mass is 10.2. The fraction of sp³-hybridized carbons (Fsp3) is 0.800. The van der Waals surface area contributed by atoms with Crippen LogP contribution in [-0.2, 0) is 28.6 Å². The molecule has 6 heteroatoms. The number of aldehydes is 2. The highest BCUT2D eigenvalue weighted by Gasteiger charge is 1.84. The Bertz CT molecular complexity index is 197. The third kappa shape index (κ3) is 45.5. The summed E-state index contributed by atoms with van der Waals surface area (Å²) in [6, 6.07) is 0. The zero-order chi connectivity index (χ0) is 16.6. The number of hydrogen-bond acceptors (Lipinski definition) is 6. The molecule has 0 bridgehead atoms. The molecule has 0 atom stereocenters. The van der Waals surface area contributed by atoms with E-state index >= 15 is 0 Å². The maximum Gasteiger partial charge on any atom is 0.292 e. The van der Waals surface area contributed by atoms with Crippen LogP contribution < -0.4 is 0 Å². The zero-order valence-electron chi connectivity index (χ0n) is 13.5. The first-order valence-electron chi connectivity index (χ1n) is 7.24. The molecule has 0 fully saturated rings. The van der Waals surface area contributed by atoms with Gasteiger partial charge in [-0.25, -0.2) is 0 Å². The number of carbonyl (C=O) groups is 3. The average molecular weight is 306 g/mol. The maximum absolute atomic E-state index is 9.77. The van der Waals surface area contributed by atoms with Crippen LogP contribution >= 0.6 is 0 Å². The molecule has 0 heterocycles. The highest BCUT2D eigenvalue weighted by atomic mass is 16.7. The van der Waals surface area contributed by atoms with Gasteiger partial charge in [0.2, 0.25) is 0 Å². The molecule has 0 rings (SSSR count). The van der Waals surface area contributed by atoms with Crippen LogP contribution in [0.3, 0.4) is 0 Å². The topological polar surface area (TPSA) is 78.9 Å². The molecule has 0 spiro atoms. The van der Waals surface area contributed by atoms with Crippen molar-refractivity contribution in [3.63, 3.8) is 0 Å². The lowest BCUT2D eigenvalue weighted by Crippen LogP contribution is -2.02. The van der Waals surface area contributed by atoms with Crippen molar-refractivity contribution >= 4 is 19.0 Å². The third-order valence-corrected chi connectivity index (χ3v) is 1.97. The highest BCUT2D eigenvalue weighted by Crippen LogP contribution is 1.99. The summed E-state index contributed by atoms with van der Waals surface area (Å²) in [5.74, 6) is 0. The van der Waals surface area contributed by atoms with Crippen LogP contribution in [0.15, 0.2) is 0 Å². The first-order valence-corrected chi connectivity index (χ1v) is 7.24. The minimum Gasteiger partial charge on any atom is -0.471 e. The van der Waals surface area contributed by atoms with Crippen LogP contribution in [0.25, 0.3) is 0 Å². The van der Waals surface area contributed by atoms with Crippen LogP contribution in [0.5, 0.6) is 0 Å². The molecule has 0 aromatic heterocycles. The summed E-state index contributed by atoms with van der Waals surface area (Å²) in [5.41, 5.74) is 0. The smallest absolute Gasteiger partial charge is 0.292 e. The number of unbranched alkanes of at least 4 members (excludes halogenated alkanes) is 4. The van der Waals surface area contributed by atoms with Crippen LogP contribution in [0.2, 0.25) is 0 Å². The van der Waals surface area contributed by atoms with Crippen LogP contribution in [0.4, 0.5) is 0 Å². The van der Waals surface area contributed by atoms with Crippen molar-refractivity contribution in [3.05, 3.63) is 0 Å². The van der Waals surface area contributed by atoms with Crippen molar-refractivity contribution in [1.29, 1.82) is 0 Å². The second-order valence-corrected chi connectivity index (χ2v) is 3.91. The molecule has 0 aliphatic rings. The number of rotatable bonds is 12. The van der Waals surface area contributed by atoms with E-state index in [1.165, 1.54) is 26.4 Å². The van der Waals surface area contributed by atoms with Gasteiger partial charge >= 0.3 is 0 Å². The molecule has 0 radical (unpaired) electrons. The molecule has 0 amide bonds. The van der Waals surface area contributed by atoms with Gasteiger partial charge in [0.15, 0.2) is 0 Å². The van der Waals surface area contributed by atoms with Gasteiger partial charge in [-0.05, 0) is 12.8 Å². The summed E-state index contributed by atoms with van der Waals surface area (Å²) in [6.45, 7) is 5.61. The van der Waals surface area contributed by atoms with Gasteiger partial charge in [-0.1, -0.05) is 33.1 Å². The molecule has 0 saturated heterocycles. The summed E-state index contributed by atoms with van der Waals surface area (Å²) in [5, 5.41) is 0. The van der Waals surface area contributed by atoms with Crippen LogP contribution in [0.1, 0.15) is 52.4 Å². The van der Waals surface area contributed by atoms with Gasteiger partial charge < -0.3 is 23.8 Å². The van der Waals surface area contributed by atoms with E-state index in [9.17, 15) is 9.59 Å². The van der Waals surface area contributed by atoms with Crippen LogP contribution in [0, 0.1) is 0 Å². The van der Waals surface area contributed by atoms with E-state index in [1.807, 2.05) is 6.92 Å². The molecule has 0 aliphatic carbocycles. The second kappa shape index (κ2) is 31.2. The lowest BCUT2D eigenvalue weighted by molar-refractivity contribution is -0.126. The molecule has 0 saturated carbocycles. The Kier molecular flexibility index (Phi) is 36.8. The van der Waals surface area contributed by atoms with Gasteiger partial charge in [0.1, 0.15) is 26.0 Å². The molecule has 21 heavy (non-hydrogen) atoms. The third-order valence-electron chi connectivity index (χ3n) is 1.97.